The number of nitrogens with zero attached hydrogens (tertiary/aromatic N) is 5. The van der Waals surface area contributed by atoms with E-state index in [-0.39, 0.29) is 0 Å². The average Bonchev–Trinajstić information content (AvgIpc) is 3.85. The van der Waals surface area contributed by atoms with Crippen molar-refractivity contribution in [3.8, 4) is 5.75 Å². The number of anilines is 5. The molecule has 2 aliphatic heterocycles. The molecule has 3 heterocycles. The molecule has 3 fully saturated rings. The molecule has 0 unspecified atom stereocenters. The smallest absolute Gasteiger partial charge is 0.229 e. The molecule has 44 heavy (non-hydrogen) atoms. The van der Waals surface area contributed by atoms with Gasteiger partial charge < -0.3 is 30.3 Å². The molecule has 0 spiro atoms. The summed E-state index contributed by atoms with van der Waals surface area (Å²) >= 11 is 3.61. The van der Waals surface area contributed by atoms with Crippen LogP contribution in [0.25, 0.3) is 0 Å². The van der Waals surface area contributed by atoms with Gasteiger partial charge in [0.15, 0.2) is 0 Å². The van der Waals surface area contributed by atoms with E-state index in [9.17, 15) is 5.11 Å². The number of rotatable bonds is 9. The van der Waals surface area contributed by atoms with Crippen molar-refractivity contribution in [2.45, 2.75) is 64.0 Å². The number of methoxy groups -OCH3 is 1. The van der Waals surface area contributed by atoms with Gasteiger partial charge in [0.25, 0.3) is 0 Å². The molecule has 9 nitrogen and oxygen atoms in total. The fourth-order valence-corrected chi connectivity index (χ4v) is 6.84. The van der Waals surface area contributed by atoms with E-state index >= 15 is 0 Å². The second-order valence-corrected chi connectivity index (χ2v) is 14.0. The number of hydrogen-bond acceptors (Lipinski definition) is 9. The van der Waals surface area contributed by atoms with Crippen molar-refractivity contribution in [3.05, 3.63) is 57.7 Å². The summed E-state index contributed by atoms with van der Waals surface area (Å²) in [6.07, 6.45) is 6.53. The predicted molar refractivity (Wildman–Crippen MR) is 182 cm³/mol. The summed E-state index contributed by atoms with van der Waals surface area (Å²) in [5.74, 6) is 2.43. The van der Waals surface area contributed by atoms with Crippen molar-refractivity contribution in [2.75, 3.05) is 69.0 Å². The van der Waals surface area contributed by atoms with E-state index in [1.54, 1.807) is 13.3 Å². The Labute approximate surface area is 270 Å². The summed E-state index contributed by atoms with van der Waals surface area (Å²) in [5, 5.41) is 17.8. The van der Waals surface area contributed by atoms with E-state index in [0.29, 0.717) is 23.7 Å². The maximum Gasteiger partial charge on any atom is 0.229 e. The number of aliphatic hydroxyl groups is 1. The second-order valence-electron chi connectivity index (χ2n) is 13.2. The lowest BCUT2D eigenvalue weighted by atomic mass is 9.93. The molecule has 0 bridgehead atoms. The van der Waals surface area contributed by atoms with E-state index in [1.807, 2.05) is 19.9 Å². The first-order valence-electron chi connectivity index (χ1n) is 15.9. The van der Waals surface area contributed by atoms with Crippen LogP contribution in [0.15, 0.2) is 41.0 Å². The van der Waals surface area contributed by atoms with Gasteiger partial charge in [0.05, 0.1) is 22.9 Å². The number of ether oxygens (including phenoxy) is 1. The third-order valence-corrected chi connectivity index (χ3v) is 9.95. The van der Waals surface area contributed by atoms with Gasteiger partial charge >= 0.3 is 0 Å². The van der Waals surface area contributed by atoms with E-state index in [4.69, 9.17) is 9.72 Å². The quantitative estimate of drug-likeness (QED) is 0.242. The van der Waals surface area contributed by atoms with Crippen molar-refractivity contribution in [3.63, 3.8) is 0 Å². The molecule has 3 aliphatic rings. The van der Waals surface area contributed by atoms with Gasteiger partial charge in [0.2, 0.25) is 5.95 Å². The summed E-state index contributed by atoms with van der Waals surface area (Å²) in [5.41, 5.74) is 5.18. The SMILES string of the molecule is COc1cc(N2CCC(N3CCN(C)CC3)CC2)c(C)cc1Nc1ncc(Br)c(Nc2ccc(C3CC3)cc2C(C)(C)O)n1. The van der Waals surface area contributed by atoms with E-state index in [1.165, 1.54) is 68.7 Å². The van der Waals surface area contributed by atoms with Crippen molar-refractivity contribution in [1.29, 1.82) is 0 Å². The number of aromatic nitrogens is 2. The number of hydrogen-bond donors (Lipinski definition) is 3. The molecule has 6 rings (SSSR count). The zero-order chi connectivity index (χ0) is 31.0. The molecular weight excluding hydrogens is 618 g/mol. The molecule has 3 aromatic rings. The highest BCUT2D eigenvalue weighted by Gasteiger charge is 2.29. The minimum atomic E-state index is -1.000. The van der Waals surface area contributed by atoms with Crippen molar-refractivity contribution >= 4 is 44.8 Å². The first kappa shape index (κ1) is 31.1. The highest BCUT2D eigenvalue weighted by molar-refractivity contribution is 9.10. The molecule has 1 aliphatic carbocycles. The largest absolute Gasteiger partial charge is 0.494 e. The lowest BCUT2D eigenvalue weighted by Crippen LogP contribution is -2.52. The Morgan fingerprint density at radius 2 is 1.68 bits per heavy atom. The molecule has 1 saturated carbocycles. The van der Waals surface area contributed by atoms with E-state index in [2.05, 4.69) is 84.5 Å². The van der Waals surface area contributed by atoms with Gasteiger partial charge in [-0.3, -0.25) is 4.90 Å². The number of piperazine rings is 1. The van der Waals surface area contributed by atoms with Gasteiger partial charge in [-0.25, -0.2) is 4.98 Å². The standard InChI is InChI=1S/C34H46BrN7O2/c1-22-18-29(31(44-5)20-30(22)42-12-10-25(11-13-42)41-16-14-40(4)15-17-41)38-33-36-21-27(35)32(39-33)37-28-9-8-24(23-6-7-23)19-26(28)34(2,3)43/h8-9,18-21,23,25,43H,6-7,10-17H2,1-5H3,(H2,36,37,38,39). The van der Waals surface area contributed by atoms with Crippen LogP contribution >= 0.6 is 15.9 Å². The minimum Gasteiger partial charge on any atom is -0.494 e. The number of likely N-dealkylation sites (N-methyl/N-ethyl adjacent to an activating group) is 1. The normalized spacial score (nSPS) is 18.8. The predicted octanol–water partition coefficient (Wildman–Crippen LogP) is 6.36. The fourth-order valence-electron chi connectivity index (χ4n) is 6.55. The summed E-state index contributed by atoms with van der Waals surface area (Å²) in [7, 11) is 3.92. The topological polar surface area (TPSA) is 89.0 Å². The maximum atomic E-state index is 11.0. The third kappa shape index (κ3) is 6.98. The lowest BCUT2D eigenvalue weighted by molar-refractivity contribution is 0.0793. The monoisotopic (exact) mass is 663 g/mol. The Bertz CT molecular complexity index is 1470. The molecule has 0 radical (unpaired) electrons. The Kier molecular flexibility index (Phi) is 9.06. The van der Waals surface area contributed by atoms with Crippen molar-refractivity contribution in [2.24, 2.45) is 0 Å². The Hall–Kier alpha value is -2.92. The van der Waals surface area contributed by atoms with Gasteiger partial charge in [-0.2, -0.15) is 4.98 Å². The average molecular weight is 665 g/mol. The summed E-state index contributed by atoms with van der Waals surface area (Å²) in [6, 6.07) is 11.3. The first-order chi connectivity index (χ1) is 21.1. The minimum absolute atomic E-state index is 0.452. The van der Waals surface area contributed by atoms with Gasteiger partial charge in [0, 0.05) is 74.5 Å². The van der Waals surface area contributed by atoms with Crippen LogP contribution in [0.1, 0.15) is 62.1 Å². The first-order valence-corrected chi connectivity index (χ1v) is 16.7. The number of aryl methyl sites for hydroxylation is 1. The maximum absolute atomic E-state index is 11.0. The fraction of sp³-hybridized carbons (Fsp3) is 0.529. The van der Waals surface area contributed by atoms with Crippen molar-refractivity contribution < 1.29 is 9.84 Å². The molecule has 0 amide bonds. The third-order valence-electron chi connectivity index (χ3n) is 9.37. The Morgan fingerprint density at radius 1 is 0.955 bits per heavy atom. The van der Waals surface area contributed by atoms with Gasteiger partial charge in [0.1, 0.15) is 11.6 Å². The summed E-state index contributed by atoms with van der Waals surface area (Å²) in [4.78, 5) is 16.9. The second kappa shape index (κ2) is 12.8. The van der Waals surface area contributed by atoms with Gasteiger partial charge in [-0.15, -0.1) is 0 Å². The van der Waals surface area contributed by atoms with Crippen LogP contribution in [-0.4, -0.2) is 84.3 Å². The number of nitrogens with one attached hydrogen (secondary N) is 2. The molecule has 10 heteroatoms. The molecular formula is C34H46BrN7O2. The zero-order valence-electron chi connectivity index (χ0n) is 26.7. The van der Waals surface area contributed by atoms with E-state index < -0.39 is 5.60 Å². The Balaban J connectivity index is 1.17. The van der Waals surface area contributed by atoms with Crippen LogP contribution in [0.4, 0.5) is 28.8 Å². The molecule has 3 N–H and O–H groups in total. The van der Waals surface area contributed by atoms with Crippen LogP contribution < -0.4 is 20.3 Å². The van der Waals surface area contributed by atoms with E-state index in [0.717, 1.165) is 40.2 Å². The van der Waals surface area contributed by atoms with Crippen molar-refractivity contribution in [1.82, 2.24) is 19.8 Å². The summed E-state index contributed by atoms with van der Waals surface area (Å²) < 4.78 is 6.59. The molecule has 1 aromatic heterocycles. The zero-order valence-corrected chi connectivity index (χ0v) is 28.2. The van der Waals surface area contributed by atoms with Gasteiger partial charge in [-0.05, 0) is 98.6 Å². The number of piperidine rings is 1. The van der Waals surface area contributed by atoms with Crippen LogP contribution in [-0.2, 0) is 5.60 Å². The van der Waals surface area contributed by atoms with Crippen LogP contribution in [0, 0.1) is 6.92 Å². The van der Waals surface area contributed by atoms with Gasteiger partial charge in [-0.1, -0.05) is 12.1 Å². The number of halogens is 1. The molecule has 236 valence electrons. The van der Waals surface area contributed by atoms with Crippen LogP contribution in [0.5, 0.6) is 5.75 Å². The Morgan fingerprint density at radius 3 is 2.34 bits per heavy atom. The molecule has 2 saturated heterocycles. The number of benzene rings is 2. The summed E-state index contributed by atoms with van der Waals surface area (Å²) in [6.45, 7) is 12.6. The van der Waals surface area contributed by atoms with Crippen LogP contribution in [0.2, 0.25) is 0 Å². The highest BCUT2D eigenvalue weighted by Crippen LogP contribution is 2.43. The molecule has 0 atom stereocenters. The van der Waals surface area contributed by atoms with Crippen LogP contribution in [0.3, 0.4) is 0 Å². The molecule has 2 aromatic carbocycles. The lowest BCUT2D eigenvalue weighted by Gasteiger charge is -2.43. The highest BCUT2D eigenvalue weighted by atomic mass is 79.9.